The minimum Gasteiger partial charge on any atom is -0.480 e. The summed E-state index contributed by atoms with van der Waals surface area (Å²) in [5, 5.41) is 8.16. The number of sulfone groups is 1. The van der Waals surface area contributed by atoms with Crippen LogP contribution in [-0.4, -0.2) is 53.1 Å². The van der Waals surface area contributed by atoms with Crippen molar-refractivity contribution in [3.63, 3.8) is 0 Å². The zero-order valence-corrected chi connectivity index (χ0v) is 19.5. The second-order valence-corrected chi connectivity index (χ2v) is 11.3. The first kappa shape index (κ1) is 24.7. The van der Waals surface area contributed by atoms with Crippen LogP contribution < -0.4 is 0 Å². The van der Waals surface area contributed by atoms with Crippen molar-refractivity contribution in [3.05, 3.63) is 57.8 Å². The van der Waals surface area contributed by atoms with Crippen molar-refractivity contribution in [2.45, 2.75) is 47.0 Å². The Bertz CT molecular complexity index is 1260. The number of rotatable bonds is 5. The Labute approximate surface area is 202 Å². The standard InChI is InChI=1S/C21H17Cl2F3N2O5S/c22-12-2-4-17(27-9-12)20(5-6-20)19(31)28-10-13(8-15(28)18(29)30)34(32,33)16-7-11(21(24,25)26)1-3-14(16)23/h1-4,7,9,13,15H,5-6,8,10H2,(H,29,30)/t13-,15+/m1/s1. The molecule has 2 aliphatic rings. The van der Waals surface area contributed by atoms with Gasteiger partial charge >= 0.3 is 12.1 Å². The quantitative estimate of drug-likeness (QED) is 0.619. The molecule has 2 aromatic rings. The van der Waals surface area contributed by atoms with Crippen LogP contribution in [0.1, 0.15) is 30.5 Å². The van der Waals surface area contributed by atoms with Crippen molar-refractivity contribution in [2.24, 2.45) is 0 Å². The van der Waals surface area contributed by atoms with Crippen LogP contribution in [-0.2, 0) is 31.0 Å². The molecule has 0 unspecified atom stereocenters. The van der Waals surface area contributed by atoms with Crippen molar-refractivity contribution in [3.8, 4) is 0 Å². The molecular formula is C21H17Cl2F3N2O5S. The molecule has 7 nitrogen and oxygen atoms in total. The Morgan fingerprint density at radius 1 is 1.15 bits per heavy atom. The van der Waals surface area contributed by atoms with Gasteiger partial charge in [-0.3, -0.25) is 9.78 Å². The second kappa shape index (κ2) is 8.39. The van der Waals surface area contributed by atoms with Gasteiger partial charge in [0.2, 0.25) is 5.91 Å². The van der Waals surface area contributed by atoms with E-state index in [9.17, 15) is 36.3 Å². The van der Waals surface area contributed by atoms with Gasteiger partial charge in [-0.15, -0.1) is 0 Å². The highest BCUT2D eigenvalue weighted by atomic mass is 35.5. The fourth-order valence-corrected chi connectivity index (χ4v) is 6.53. The molecule has 1 aliphatic carbocycles. The Morgan fingerprint density at radius 2 is 1.82 bits per heavy atom. The Balaban J connectivity index is 1.67. The summed E-state index contributed by atoms with van der Waals surface area (Å²) in [6.45, 7) is -0.500. The predicted molar refractivity (Wildman–Crippen MR) is 115 cm³/mol. The van der Waals surface area contributed by atoms with Gasteiger partial charge in [0.05, 0.1) is 36.9 Å². The highest BCUT2D eigenvalue weighted by Crippen LogP contribution is 2.50. The Morgan fingerprint density at radius 3 is 2.35 bits per heavy atom. The topological polar surface area (TPSA) is 105 Å². The third kappa shape index (κ3) is 4.25. The summed E-state index contributed by atoms with van der Waals surface area (Å²) >= 11 is 11.8. The molecule has 0 bridgehead atoms. The van der Waals surface area contributed by atoms with Gasteiger partial charge in [-0.25, -0.2) is 13.2 Å². The average molecular weight is 537 g/mol. The van der Waals surface area contributed by atoms with Gasteiger partial charge in [0.1, 0.15) is 6.04 Å². The molecule has 2 heterocycles. The number of likely N-dealkylation sites (tertiary alicyclic amines) is 1. The number of hydrogen-bond acceptors (Lipinski definition) is 5. The summed E-state index contributed by atoms with van der Waals surface area (Å²) in [6, 6.07) is 3.53. The van der Waals surface area contributed by atoms with E-state index < -0.39 is 73.0 Å². The first-order chi connectivity index (χ1) is 15.8. The van der Waals surface area contributed by atoms with E-state index >= 15 is 0 Å². The molecule has 13 heteroatoms. The number of nitrogens with zero attached hydrogens (tertiary/aromatic N) is 2. The maximum Gasteiger partial charge on any atom is 0.416 e. The summed E-state index contributed by atoms with van der Waals surface area (Å²) in [4.78, 5) is 29.7. The lowest BCUT2D eigenvalue weighted by Crippen LogP contribution is -2.46. The maximum absolute atomic E-state index is 13.4. The van der Waals surface area contributed by atoms with E-state index in [0.717, 1.165) is 11.0 Å². The van der Waals surface area contributed by atoms with Gasteiger partial charge in [0.15, 0.2) is 9.84 Å². The van der Waals surface area contributed by atoms with Gasteiger partial charge in [-0.2, -0.15) is 13.2 Å². The number of carboxylic acids is 1. The van der Waals surface area contributed by atoms with Crippen molar-refractivity contribution in [1.82, 2.24) is 9.88 Å². The normalized spacial score (nSPS) is 22.0. The fourth-order valence-electron chi connectivity index (χ4n) is 4.20. The highest BCUT2D eigenvalue weighted by molar-refractivity contribution is 7.92. The Kier molecular flexibility index (Phi) is 6.10. The lowest BCUT2D eigenvalue weighted by atomic mass is 9.99. The number of alkyl halides is 3. The monoisotopic (exact) mass is 536 g/mol. The van der Waals surface area contributed by atoms with Gasteiger partial charge in [-0.1, -0.05) is 23.2 Å². The zero-order chi connectivity index (χ0) is 25.1. The number of amides is 1. The van der Waals surface area contributed by atoms with E-state index in [1.165, 1.54) is 6.20 Å². The number of aliphatic carboxylic acids is 1. The maximum atomic E-state index is 13.4. The van der Waals surface area contributed by atoms with Crippen molar-refractivity contribution in [1.29, 1.82) is 0 Å². The van der Waals surface area contributed by atoms with Crippen LogP contribution >= 0.6 is 23.2 Å². The van der Waals surface area contributed by atoms with E-state index in [-0.39, 0.29) is 0 Å². The van der Waals surface area contributed by atoms with Gasteiger partial charge in [-0.05, 0) is 49.6 Å². The van der Waals surface area contributed by atoms with Crippen LogP contribution in [0.4, 0.5) is 13.2 Å². The zero-order valence-electron chi connectivity index (χ0n) is 17.2. The van der Waals surface area contributed by atoms with Gasteiger partial charge in [0.25, 0.3) is 0 Å². The predicted octanol–water partition coefficient (Wildman–Crippen LogP) is 3.97. The summed E-state index contributed by atoms with van der Waals surface area (Å²) in [6.07, 6.45) is -3.16. The molecular weight excluding hydrogens is 520 g/mol. The van der Waals surface area contributed by atoms with Crippen LogP contribution in [0.5, 0.6) is 0 Å². The molecule has 1 saturated carbocycles. The molecule has 2 atom stereocenters. The molecule has 34 heavy (non-hydrogen) atoms. The molecule has 4 rings (SSSR count). The minimum atomic E-state index is -4.81. The number of halogens is 5. The average Bonchev–Trinajstić information content (AvgIpc) is 3.43. The number of pyridine rings is 1. The molecule has 1 amide bonds. The third-order valence-corrected chi connectivity index (χ3v) is 9.02. The SMILES string of the molecule is O=C(O)[C@@H]1C[C@@H](S(=O)(=O)c2cc(C(F)(F)F)ccc2Cl)CN1C(=O)C1(c2ccc(Cl)cn2)CC1. The lowest BCUT2D eigenvalue weighted by Gasteiger charge is -2.26. The number of hydrogen-bond donors (Lipinski definition) is 1. The third-order valence-electron chi connectivity index (χ3n) is 6.19. The fraction of sp³-hybridized carbons (Fsp3) is 0.381. The molecule has 1 N–H and O–H groups in total. The van der Waals surface area contributed by atoms with Gasteiger partial charge < -0.3 is 10.0 Å². The molecule has 1 aromatic heterocycles. The van der Waals surface area contributed by atoms with Crippen molar-refractivity contribution >= 4 is 44.9 Å². The number of carboxylic acid groups (broad SMARTS) is 1. The van der Waals surface area contributed by atoms with Crippen molar-refractivity contribution in [2.75, 3.05) is 6.54 Å². The molecule has 1 aliphatic heterocycles. The largest absolute Gasteiger partial charge is 0.480 e. The molecule has 0 spiro atoms. The van der Waals surface area contributed by atoms with Gasteiger partial charge in [0, 0.05) is 12.7 Å². The number of benzene rings is 1. The van der Waals surface area contributed by atoms with Crippen molar-refractivity contribution < 1.29 is 36.3 Å². The summed E-state index contributed by atoms with van der Waals surface area (Å²) in [5.41, 5.74) is -1.91. The second-order valence-electron chi connectivity index (χ2n) is 8.30. The molecule has 2 fully saturated rings. The van der Waals surface area contributed by atoms with Crippen LogP contribution in [0.15, 0.2) is 41.4 Å². The summed E-state index contributed by atoms with van der Waals surface area (Å²) in [5.74, 6) is -2.01. The van der Waals surface area contributed by atoms with E-state index in [0.29, 0.717) is 35.7 Å². The highest BCUT2D eigenvalue weighted by Gasteiger charge is 2.58. The van der Waals surface area contributed by atoms with Crippen LogP contribution in [0, 0.1) is 0 Å². The molecule has 182 valence electrons. The molecule has 0 radical (unpaired) electrons. The lowest BCUT2D eigenvalue weighted by molar-refractivity contribution is -0.149. The number of carbonyl (C=O) groups is 2. The van der Waals surface area contributed by atoms with E-state index in [1.54, 1.807) is 12.1 Å². The molecule has 1 aromatic carbocycles. The summed E-state index contributed by atoms with van der Waals surface area (Å²) < 4.78 is 65.9. The number of carbonyl (C=O) groups excluding carboxylic acids is 1. The smallest absolute Gasteiger partial charge is 0.416 e. The number of aromatic nitrogens is 1. The minimum absolute atomic E-state index is 0.348. The van der Waals surface area contributed by atoms with Crippen LogP contribution in [0.2, 0.25) is 10.0 Å². The first-order valence-corrected chi connectivity index (χ1v) is 12.3. The van der Waals surface area contributed by atoms with E-state index in [2.05, 4.69) is 4.98 Å². The Hall–Kier alpha value is -2.37. The molecule has 1 saturated heterocycles. The van der Waals surface area contributed by atoms with E-state index in [1.807, 2.05) is 0 Å². The first-order valence-electron chi connectivity index (χ1n) is 10.0. The van der Waals surface area contributed by atoms with Crippen LogP contribution in [0.25, 0.3) is 0 Å². The van der Waals surface area contributed by atoms with E-state index in [4.69, 9.17) is 23.2 Å². The van der Waals surface area contributed by atoms with Crippen LogP contribution in [0.3, 0.4) is 0 Å². The summed E-state index contributed by atoms with van der Waals surface area (Å²) in [7, 11) is -4.50.